The standard InChI is InChI=1S/C24H18FNO2/c1-26-16-19(14-18-10-12-20(25)13-11-18)23(27)24-22(26)15-21(28-24)9-5-8-17-6-3-2-4-7-17/h2-4,6-7,10-13,15-16H,8,14H2,1H3. The lowest BCUT2D eigenvalue weighted by molar-refractivity contribution is 0.596. The number of hydrogen-bond donors (Lipinski definition) is 0. The number of fused-ring (bicyclic) bond motifs is 1. The molecular weight excluding hydrogens is 353 g/mol. The van der Waals surface area contributed by atoms with E-state index in [1.165, 1.54) is 12.1 Å². The summed E-state index contributed by atoms with van der Waals surface area (Å²) in [5.41, 5.74) is 3.44. The first-order valence-electron chi connectivity index (χ1n) is 8.99. The highest BCUT2D eigenvalue weighted by Crippen LogP contribution is 2.17. The number of nitrogens with zero attached hydrogens (tertiary/aromatic N) is 1. The Bertz CT molecular complexity index is 1240. The van der Waals surface area contributed by atoms with Gasteiger partial charge in [-0.2, -0.15) is 0 Å². The third-order valence-corrected chi connectivity index (χ3v) is 4.59. The number of aromatic nitrogens is 1. The number of rotatable bonds is 3. The van der Waals surface area contributed by atoms with Gasteiger partial charge in [-0.1, -0.05) is 48.4 Å². The van der Waals surface area contributed by atoms with Gasteiger partial charge in [0.05, 0.1) is 5.52 Å². The van der Waals surface area contributed by atoms with Crippen molar-refractivity contribution in [3.63, 3.8) is 0 Å². The van der Waals surface area contributed by atoms with Crippen molar-refractivity contribution in [3.05, 3.63) is 105 Å². The second-order valence-electron chi connectivity index (χ2n) is 6.69. The van der Waals surface area contributed by atoms with Crippen LogP contribution in [0.15, 0.2) is 76.1 Å². The van der Waals surface area contributed by atoms with Crippen LogP contribution in [0.3, 0.4) is 0 Å². The third-order valence-electron chi connectivity index (χ3n) is 4.59. The molecule has 0 bridgehead atoms. The zero-order valence-corrected chi connectivity index (χ0v) is 15.4. The molecule has 0 unspecified atom stereocenters. The van der Waals surface area contributed by atoms with Gasteiger partial charge in [-0.3, -0.25) is 4.79 Å². The van der Waals surface area contributed by atoms with E-state index in [0.717, 1.165) is 11.1 Å². The van der Waals surface area contributed by atoms with Crippen LogP contribution in [0, 0.1) is 17.7 Å². The van der Waals surface area contributed by atoms with Gasteiger partial charge in [-0.25, -0.2) is 4.39 Å². The second-order valence-corrected chi connectivity index (χ2v) is 6.69. The van der Waals surface area contributed by atoms with E-state index in [9.17, 15) is 9.18 Å². The van der Waals surface area contributed by atoms with E-state index in [-0.39, 0.29) is 11.2 Å². The summed E-state index contributed by atoms with van der Waals surface area (Å²) < 4.78 is 20.7. The van der Waals surface area contributed by atoms with Crippen molar-refractivity contribution in [1.29, 1.82) is 0 Å². The molecule has 4 heteroatoms. The van der Waals surface area contributed by atoms with E-state index in [2.05, 4.69) is 11.8 Å². The predicted molar refractivity (Wildman–Crippen MR) is 108 cm³/mol. The van der Waals surface area contributed by atoms with Crippen molar-refractivity contribution in [2.75, 3.05) is 0 Å². The molecule has 4 rings (SSSR count). The maximum atomic E-state index is 13.1. The SMILES string of the molecule is Cn1cc(Cc2ccc(F)cc2)c(=O)c2oc(C#CCc3ccccc3)cc21. The Morgan fingerprint density at radius 2 is 1.79 bits per heavy atom. The minimum absolute atomic E-state index is 0.159. The van der Waals surface area contributed by atoms with E-state index < -0.39 is 0 Å². The normalized spacial score (nSPS) is 10.6. The van der Waals surface area contributed by atoms with Crippen LogP contribution in [0.1, 0.15) is 22.5 Å². The molecule has 3 nitrogen and oxygen atoms in total. The second kappa shape index (κ2) is 7.58. The van der Waals surface area contributed by atoms with Crippen LogP contribution in [0.5, 0.6) is 0 Å². The van der Waals surface area contributed by atoms with Gasteiger partial charge in [0.25, 0.3) is 0 Å². The summed E-state index contributed by atoms with van der Waals surface area (Å²) in [5, 5.41) is 0. The van der Waals surface area contributed by atoms with Gasteiger partial charge >= 0.3 is 0 Å². The molecular formula is C24H18FNO2. The third kappa shape index (κ3) is 3.74. The number of hydrogen-bond acceptors (Lipinski definition) is 2. The van der Waals surface area contributed by atoms with Crippen LogP contribution in [-0.4, -0.2) is 4.57 Å². The van der Waals surface area contributed by atoms with E-state index >= 15 is 0 Å². The lowest BCUT2D eigenvalue weighted by Crippen LogP contribution is -2.12. The van der Waals surface area contributed by atoms with Crippen LogP contribution in [-0.2, 0) is 19.9 Å². The van der Waals surface area contributed by atoms with Gasteiger partial charge in [0.15, 0.2) is 11.3 Å². The van der Waals surface area contributed by atoms with Crippen LogP contribution < -0.4 is 5.43 Å². The molecule has 0 saturated carbocycles. The minimum Gasteiger partial charge on any atom is -0.442 e. The Balaban J connectivity index is 1.64. The Hall–Kier alpha value is -3.58. The lowest BCUT2D eigenvalue weighted by atomic mass is 10.1. The Kier molecular flexibility index (Phi) is 4.82. The molecule has 28 heavy (non-hydrogen) atoms. The number of aryl methyl sites for hydroxylation is 1. The molecule has 0 aliphatic heterocycles. The molecule has 0 saturated heterocycles. The summed E-state index contributed by atoms with van der Waals surface area (Å²) in [6.45, 7) is 0. The number of halogens is 1. The molecule has 0 spiro atoms. The van der Waals surface area contributed by atoms with Crippen LogP contribution in [0.2, 0.25) is 0 Å². The fourth-order valence-electron chi connectivity index (χ4n) is 3.15. The first-order valence-corrected chi connectivity index (χ1v) is 8.99. The zero-order valence-electron chi connectivity index (χ0n) is 15.4. The molecule has 2 aromatic carbocycles. The average molecular weight is 371 g/mol. The summed E-state index contributed by atoms with van der Waals surface area (Å²) in [4.78, 5) is 12.8. The van der Waals surface area contributed by atoms with Crippen LogP contribution in [0.4, 0.5) is 4.39 Å². The fourth-order valence-corrected chi connectivity index (χ4v) is 3.15. The van der Waals surface area contributed by atoms with Gasteiger partial charge in [-0.05, 0) is 29.2 Å². The first kappa shape index (κ1) is 17.8. The summed E-state index contributed by atoms with van der Waals surface area (Å²) in [7, 11) is 1.87. The van der Waals surface area contributed by atoms with Crippen molar-refractivity contribution in [1.82, 2.24) is 4.57 Å². The van der Waals surface area contributed by atoms with Crippen molar-refractivity contribution in [2.24, 2.45) is 7.05 Å². The molecule has 0 N–H and O–H groups in total. The van der Waals surface area contributed by atoms with E-state index in [1.54, 1.807) is 24.4 Å². The zero-order chi connectivity index (χ0) is 19.5. The number of furan rings is 1. The molecule has 138 valence electrons. The summed E-state index contributed by atoms with van der Waals surface area (Å²) in [5.74, 6) is 6.26. The quantitative estimate of drug-likeness (QED) is 0.499. The summed E-state index contributed by atoms with van der Waals surface area (Å²) in [6, 6.07) is 17.9. The largest absolute Gasteiger partial charge is 0.442 e. The van der Waals surface area contributed by atoms with Crippen LogP contribution >= 0.6 is 0 Å². The molecule has 2 aromatic heterocycles. The van der Waals surface area contributed by atoms with Gasteiger partial charge in [0.2, 0.25) is 5.43 Å². The molecule has 0 fully saturated rings. The monoisotopic (exact) mass is 371 g/mol. The van der Waals surface area contributed by atoms with E-state index in [0.29, 0.717) is 35.3 Å². The highest BCUT2D eigenvalue weighted by molar-refractivity contribution is 5.75. The van der Waals surface area contributed by atoms with Crippen molar-refractivity contribution < 1.29 is 8.81 Å². The van der Waals surface area contributed by atoms with Gasteiger partial charge in [0.1, 0.15) is 5.82 Å². The predicted octanol–water partition coefficient (Wildman–Crippen LogP) is 4.46. The van der Waals surface area contributed by atoms with Gasteiger partial charge in [0, 0.05) is 37.7 Å². The highest BCUT2D eigenvalue weighted by Gasteiger charge is 2.13. The number of pyridine rings is 1. The van der Waals surface area contributed by atoms with Gasteiger partial charge in [-0.15, -0.1) is 0 Å². The molecule has 0 amide bonds. The molecule has 0 aliphatic rings. The van der Waals surface area contributed by atoms with E-state index in [1.807, 2.05) is 41.9 Å². The minimum atomic E-state index is -0.295. The van der Waals surface area contributed by atoms with Crippen molar-refractivity contribution in [3.8, 4) is 11.8 Å². The van der Waals surface area contributed by atoms with Crippen molar-refractivity contribution >= 4 is 11.1 Å². The summed E-state index contributed by atoms with van der Waals surface area (Å²) >= 11 is 0. The molecule has 4 aromatic rings. The molecule has 0 atom stereocenters. The highest BCUT2D eigenvalue weighted by atomic mass is 19.1. The molecule has 0 aliphatic carbocycles. The van der Waals surface area contributed by atoms with Crippen molar-refractivity contribution in [2.45, 2.75) is 12.8 Å². The van der Waals surface area contributed by atoms with Gasteiger partial charge < -0.3 is 8.98 Å². The van der Waals surface area contributed by atoms with E-state index in [4.69, 9.17) is 4.42 Å². The Morgan fingerprint density at radius 3 is 2.54 bits per heavy atom. The smallest absolute Gasteiger partial charge is 0.228 e. The maximum Gasteiger partial charge on any atom is 0.228 e. The van der Waals surface area contributed by atoms with Crippen LogP contribution in [0.25, 0.3) is 11.1 Å². The Labute approximate surface area is 162 Å². The first-order chi connectivity index (χ1) is 13.6. The molecule has 2 heterocycles. The topological polar surface area (TPSA) is 35.1 Å². The average Bonchev–Trinajstić information content (AvgIpc) is 3.14. The number of benzene rings is 2. The Morgan fingerprint density at radius 1 is 1.04 bits per heavy atom. The lowest BCUT2D eigenvalue weighted by Gasteiger charge is -2.05. The molecule has 0 radical (unpaired) electrons. The summed E-state index contributed by atoms with van der Waals surface area (Å²) in [6.07, 6.45) is 2.83. The fraction of sp³-hybridized carbons (Fsp3) is 0.125. The maximum absolute atomic E-state index is 13.1.